The lowest BCUT2D eigenvalue weighted by atomic mass is 9.88. The lowest BCUT2D eigenvalue weighted by Gasteiger charge is -2.33. The Bertz CT molecular complexity index is 412. The van der Waals surface area contributed by atoms with Crippen LogP contribution in [0.25, 0.3) is 0 Å². The van der Waals surface area contributed by atoms with E-state index in [0.717, 1.165) is 11.5 Å². The van der Waals surface area contributed by atoms with Gasteiger partial charge in [-0.25, -0.2) is 0 Å². The Morgan fingerprint density at radius 2 is 1.90 bits per heavy atom. The molecule has 3 unspecified atom stereocenters. The van der Waals surface area contributed by atoms with Gasteiger partial charge in [-0.05, 0) is 55.8 Å². The fourth-order valence-electron chi connectivity index (χ4n) is 3.81. The van der Waals surface area contributed by atoms with Gasteiger partial charge in [-0.2, -0.15) is 0 Å². The maximum Gasteiger partial charge on any atom is 0.0681 e. The highest BCUT2D eigenvalue weighted by molar-refractivity contribution is 5.45. The Balaban J connectivity index is 1.62. The summed E-state index contributed by atoms with van der Waals surface area (Å²) < 4.78 is 0. The van der Waals surface area contributed by atoms with Gasteiger partial charge in [-0.15, -0.1) is 0 Å². The highest BCUT2D eigenvalue weighted by Gasteiger charge is 2.34. The minimum atomic E-state index is 0.123. The van der Waals surface area contributed by atoms with E-state index >= 15 is 0 Å². The molecule has 110 valence electrons. The van der Waals surface area contributed by atoms with E-state index in [0.29, 0.717) is 12.1 Å². The van der Waals surface area contributed by atoms with Gasteiger partial charge in [-0.3, -0.25) is 0 Å². The van der Waals surface area contributed by atoms with Crippen LogP contribution in [-0.2, 0) is 6.61 Å². The summed E-state index contributed by atoms with van der Waals surface area (Å²) >= 11 is 0. The third-order valence-corrected chi connectivity index (χ3v) is 4.92. The van der Waals surface area contributed by atoms with Crippen molar-refractivity contribution in [2.75, 3.05) is 11.9 Å². The normalized spacial score (nSPS) is 30.4. The standard InChI is InChI=1S/C17H26N2O/c20-12-13-7-9-14(10-8-13)19-17-6-3-4-15(17)16-5-1-2-11-18-16/h7-10,15-20H,1-6,11-12H2. The maximum atomic E-state index is 9.10. The molecule has 1 aliphatic heterocycles. The predicted molar refractivity (Wildman–Crippen MR) is 82.8 cm³/mol. The maximum absolute atomic E-state index is 9.10. The van der Waals surface area contributed by atoms with Crippen LogP contribution < -0.4 is 10.6 Å². The van der Waals surface area contributed by atoms with Crippen molar-refractivity contribution in [1.29, 1.82) is 0 Å². The number of benzene rings is 1. The first-order valence-corrected chi connectivity index (χ1v) is 8.06. The van der Waals surface area contributed by atoms with Gasteiger partial charge in [0.15, 0.2) is 0 Å². The smallest absolute Gasteiger partial charge is 0.0681 e. The Morgan fingerprint density at radius 1 is 1.05 bits per heavy atom. The summed E-state index contributed by atoms with van der Waals surface area (Å²) in [5, 5.41) is 16.5. The van der Waals surface area contributed by atoms with Crippen molar-refractivity contribution in [3.05, 3.63) is 29.8 Å². The minimum absolute atomic E-state index is 0.123. The predicted octanol–water partition coefficient (Wildman–Crippen LogP) is 2.90. The van der Waals surface area contributed by atoms with Crippen molar-refractivity contribution in [2.24, 2.45) is 5.92 Å². The molecular weight excluding hydrogens is 248 g/mol. The number of hydrogen-bond donors (Lipinski definition) is 3. The average molecular weight is 274 g/mol. The molecule has 2 fully saturated rings. The van der Waals surface area contributed by atoms with Crippen LogP contribution in [0.3, 0.4) is 0 Å². The van der Waals surface area contributed by atoms with Crippen LogP contribution in [0.2, 0.25) is 0 Å². The van der Waals surface area contributed by atoms with Crippen molar-refractivity contribution in [2.45, 2.75) is 57.2 Å². The van der Waals surface area contributed by atoms with Gasteiger partial charge in [0.25, 0.3) is 0 Å². The minimum Gasteiger partial charge on any atom is -0.392 e. The van der Waals surface area contributed by atoms with Crippen molar-refractivity contribution in [3.8, 4) is 0 Å². The van der Waals surface area contributed by atoms with Gasteiger partial charge < -0.3 is 15.7 Å². The van der Waals surface area contributed by atoms with Crippen LogP contribution in [0, 0.1) is 5.92 Å². The van der Waals surface area contributed by atoms with E-state index < -0.39 is 0 Å². The molecule has 1 aliphatic carbocycles. The molecule has 0 aromatic heterocycles. The third kappa shape index (κ3) is 3.15. The second-order valence-corrected chi connectivity index (χ2v) is 6.26. The highest BCUT2D eigenvalue weighted by Crippen LogP contribution is 2.33. The van der Waals surface area contributed by atoms with E-state index in [9.17, 15) is 0 Å². The van der Waals surface area contributed by atoms with Gasteiger partial charge in [0.05, 0.1) is 6.61 Å². The quantitative estimate of drug-likeness (QED) is 0.791. The topological polar surface area (TPSA) is 44.3 Å². The Labute approximate surface area is 121 Å². The molecule has 0 spiro atoms. The van der Waals surface area contributed by atoms with E-state index in [-0.39, 0.29) is 6.61 Å². The molecular formula is C17H26N2O. The molecule has 3 nitrogen and oxygen atoms in total. The average Bonchev–Trinajstić information content (AvgIpc) is 2.97. The summed E-state index contributed by atoms with van der Waals surface area (Å²) in [4.78, 5) is 0. The second kappa shape index (κ2) is 6.59. The molecule has 1 saturated heterocycles. The van der Waals surface area contributed by atoms with Crippen LogP contribution >= 0.6 is 0 Å². The lowest BCUT2D eigenvalue weighted by Crippen LogP contribution is -2.44. The number of hydrogen-bond acceptors (Lipinski definition) is 3. The van der Waals surface area contributed by atoms with E-state index in [1.165, 1.54) is 50.8 Å². The summed E-state index contributed by atoms with van der Waals surface area (Å²) in [5.41, 5.74) is 2.17. The number of rotatable bonds is 4. The molecule has 1 aromatic rings. The molecule has 20 heavy (non-hydrogen) atoms. The SMILES string of the molecule is OCc1ccc(NC2CCCC2C2CCCCN2)cc1. The Kier molecular flexibility index (Phi) is 4.58. The van der Waals surface area contributed by atoms with Crippen molar-refractivity contribution >= 4 is 5.69 Å². The Hall–Kier alpha value is -1.06. The fourth-order valence-corrected chi connectivity index (χ4v) is 3.81. The largest absolute Gasteiger partial charge is 0.392 e. The first-order valence-electron chi connectivity index (χ1n) is 8.06. The molecule has 2 aliphatic rings. The lowest BCUT2D eigenvalue weighted by molar-refractivity contribution is 0.282. The monoisotopic (exact) mass is 274 g/mol. The molecule has 1 saturated carbocycles. The molecule has 3 N–H and O–H groups in total. The number of aliphatic hydroxyl groups is 1. The van der Waals surface area contributed by atoms with Crippen LogP contribution in [0.4, 0.5) is 5.69 Å². The zero-order chi connectivity index (χ0) is 13.8. The van der Waals surface area contributed by atoms with Gasteiger partial charge in [-0.1, -0.05) is 25.0 Å². The number of nitrogens with one attached hydrogen (secondary N) is 2. The van der Waals surface area contributed by atoms with Crippen LogP contribution in [0.1, 0.15) is 44.1 Å². The molecule has 3 atom stereocenters. The first kappa shape index (κ1) is 13.9. The van der Waals surface area contributed by atoms with Gasteiger partial charge in [0.2, 0.25) is 0 Å². The van der Waals surface area contributed by atoms with Crippen LogP contribution in [0.5, 0.6) is 0 Å². The number of aliphatic hydroxyl groups excluding tert-OH is 1. The molecule has 0 radical (unpaired) electrons. The molecule has 3 rings (SSSR count). The zero-order valence-corrected chi connectivity index (χ0v) is 12.1. The zero-order valence-electron chi connectivity index (χ0n) is 12.1. The highest BCUT2D eigenvalue weighted by atomic mass is 16.3. The van der Waals surface area contributed by atoms with E-state index in [4.69, 9.17) is 5.11 Å². The molecule has 0 amide bonds. The first-order chi connectivity index (χ1) is 9.86. The van der Waals surface area contributed by atoms with E-state index in [2.05, 4.69) is 22.8 Å². The van der Waals surface area contributed by atoms with Gasteiger partial charge in [0, 0.05) is 17.8 Å². The van der Waals surface area contributed by atoms with Crippen molar-refractivity contribution in [1.82, 2.24) is 5.32 Å². The van der Waals surface area contributed by atoms with Crippen molar-refractivity contribution < 1.29 is 5.11 Å². The number of anilines is 1. The summed E-state index contributed by atoms with van der Waals surface area (Å²) in [7, 11) is 0. The molecule has 0 bridgehead atoms. The van der Waals surface area contributed by atoms with Gasteiger partial charge >= 0.3 is 0 Å². The molecule has 1 aromatic carbocycles. The Morgan fingerprint density at radius 3 is 2.60 bits per heavy atom. The van der Waals surface area contributed by atoms with Crippen LogP contribution in [-0.4, -0.2) is 23.7 Å². The fraction of sp³-hybridized carbons (Fsp3) is 0.647. The summed E-state index contributed by atoms with van der Waals surface area (Å²) in [6.45, 7) is 1.32. The summed E-state index contributed by atoms with van der Waals surface area (Å²) in [5.74, 6) is 0.771. The summed E-state index contributed by atoms with van der Waals surface area (Å²) in [6.07, 6.45) is 8.03. The van der Waals surface area contributed by atoms with E-state index in [1.54, 1.807) is 0 Å². The second-order valence-electron chi connectivity index (χ2n) is 6.26. The molecule has 1 heterocycles. The van der Waals surface area contributed by atoms with Crippen molar-refractivity contribution in [3.63, 3.8) is 0 Å². The van der Waals surface area contributed by atoms with Crippen LogP contribution in [0.15, 0.2) is 24.3 Å². The number of piperidine rings is 1. The van der Waals surface area contributed by atoms with Gasteiger partial charge in [0.1, 0.15) is 0 Å². The third-order valence-electron chi connectivity index (χ3n) is 4.92. The summed E-state index contributed by atoms with van der Waals surface area (Å²) in [6, 6.07) is 9.51. The molecule has 3 heteroatoms. The van der Waals surface area contributed by atoms with E-state index in [1.807, 2.05) is 12.1 Å².